The molecule has 0 aliphatic heterocycles. The van der Waals surface area contributed by atoms with E-state index in [2.05, 4.69) is 20.8 Å². The number of benzene rings is 2. The number of ether oxygens (including phenoxy) is 1. The standard InChI is InChI=1S/C22H25N5O3S/c1-5-30-19-11-9-17(10-12-19)24-21(29)14(2)31-22-26-25-20(27(22)4)16-7-6-8-18(13-16)23-15(3)28/h6-14H,5H2,1-4H3,(H,23,28)(H,24,29)/t14-/m0/s1. The molecule has 0 aliphatic carbocycles. The Labute approximate surface area is 185 Å². The van der Waals surface area contributed by atoms with Gasteiger partial charge in [0.15, 0.2) is 11.0 Å². The molecule has 2 amide bonds. The fraction of sp³-hybridized carbons (Fsp3) is 0.273. The van der Waals surface area contributed by atoms with Gasteiger partial charge in [-0.25, -0.2) is 0 Å². The number of amides is 2. The molecule has 31 heavy (non-hydrogen) atoms. The Morgan fingerprint density at radius 3 is 2.52 bits per heavy atom. The maximum atomic E-state index is 12.6. The molecule has 2 N–H and O–H groups in total. The first kappa shape index (κ1) is 22.4. The minimum Gasteiger partial charge on any atom is -0.494 e. The van der Waals surface area contributed by atoms with Crippen molar-refractivity contribution >= 4 is 35.0 Å². The molecular weight excluding hydrogens is 414 g/mol. The summed E-state index contributed by atoms with van der Waals surface area (Å²) in [4.78, 5) is 23.9. The second-order valence-electron chi connectivity index (χ2n) is 6.83. The van der Waals surface area contributed by atoms with Gasteiger partial charge in [-0.2, -0.15) is 0 Å². The van der Waals surface area contributed by atoms with Crippen molar-refractivity contribution in [1.29, 1.82) is 0 Å². The van der Waals surface area contributed by atoms with E-state index in [9.17, 15) is 9.59 Å². The number of aromatic nitrogens is 3. The average molecular weight is 440 g/mol. The quantitative estimate of drug-likeness (QED) is 0.516. The highest BCUT2D eigenvalue weighted by Gasteiger charge is 2.20. The number of nitrogens with one attached hydrogen (secondary N) is 2. The molecule has 0 spiro atoms. The highest BCUT2D eigenvalue weighted by Crippen LogP contribution is 2.27. The molecule has 0 radical (unpaired) electrons. The molecule has 3 aromatic rings. The topological polar surface area (TPSA) is 98.1 Å². The number of hydrogen-bond donors (Lipinski definition) is 2. The van der Waals surface area contributed by atoms with Crippen LogP contribution in [0.3, 0.4) is 0 Å². The lowest BCUT2D eigenvalue weighted by atomic mass is 10.2. The van der Waals surface area contributed by atoms with E-state index in [4.69, 9.17) is 4.74 Å². The smallest absolute Gasteiger partial charge is 0.237 e. The maximum absolute atomic E-state index is 12.6. The van der Waals surface area contributed by atoms with Gasteiger partial charge < -0.3 is 19.9 Å². The molecule has 1 heterocycles. The molecule has 9 heteroatoms. The van der Waals surface area contributed by atoms with Crippen LogP contribution >= 0.6 is 11.8 Å². The molecule has 0 fully saturated rings. The van der Waals surface area contributed by atoms with Gasteiger partial charge in [0.05, 0.1) is 11.9 Å². The van der Waals surface area contributed by atoms with Crippen molar-refractivity contribution in [3.63, 3.8) is 0 Å². The first-order valence-electron chi connectivity index (χ1n) is 9.85. The van der Waals surface area contributed by atoms with Crippen LogP contribution < -0.4 is 15.4 Å². The first-order chi connectivity index (χ1) is 14.9. The molecule has 0 aliphatic rings. The van der Waals surface area contributed by atoms with Crippen LogP contribution in [0.4, 0.5) is 11.4 Å². The van der Waals surface area contributed by atoms with Crippen LogP contribution in [0.15, 0.2) is 53.7 Å². The zero-order valence-electron chi connectivity index (χ0n) is 17.9. The second kappa shape index (κ2) is 10.1. The number of rotatable bonds is 8. The number of thioether (sulfide) groups is 1. The summed E-state index contributed by atoms with van der Waals surface area (Å²) < 4.78 is 7.25. The summed E-state index contributed by atoms with van der Waals surface area (Å²) in [6, 6.07) is 14.6. The summed E-state index contributed by atoms with van der Waals surface area (Å²) in [5, 5.41) is 14.4. The number of nitrogens with zero attached hydrogens (tertiary/aromatic N) is 3. The molecule has 0 unspecified atom stereocenters. The van der Waals surface area contributed by atoms with Crippen molar-refractivity contribution in [3.8, 4) is 17.1 Å². The Morgan fingerprint density at radius 1 is 1.10 bits per heavy atom. The Kier molecular flexibility index (Phi) is 7.30. The Bertz CT molecular complexity index is 1070. The molecule has 3 rings (SSSR count). The third-order valence-corrected chi connectivity index (χ3v) is 5.49. The van der Waals surface area contributed by atoms with Crippen LogP contribution in [0.2, 0.25) is 0 Å². The summed E-state index contributed by atoms with van der Waals surface area (Å²) in [5.41, 5.74) is 2.21. The fourth-order valence-electron chi connectivity index (χ4n) is 2.86. The van der Waals surface area contributed by atoms with Gasteiger partial charge in [0.1, 0.15) is 5.75 Å². The second-order valence-corrected chi connectivity index (χ2v) is 8.14. The summed E-state index contributed by atoms with van der Waals surface area (Å²) in [6.45, 7) is 5.80. The summed E-state index contributed by atoms with van der Waals surface area (Å²) in [6.07, 6.45) is 0. The van der Waals surface area contributed by atoms with Gasteiger partial charge in [0, 0.05) is 30.9 Å². The largest absolute Gasteiger partial charge is 0.494 e. The van der Waals surface area contributed by atoms with Crippen LogP contribution in [0.5, 0.6) is 5.75 Å². The molecule has 8 nitrogen and oxygen atoms in total. The molecule has 0 saturated heterocycles. The van der Waals surface area contributed by atoms with Crippen LogP contribution in [0, 0.1) is 0 Å². The van der Waals surface area contributed by atoms with Crippen LogP contribution in [0.25, 0.3) is 11.4 Å². The maximum Gasteiger partial charge on any atom is 0.237 e. The number of carbonyl (C=O) groups is 2. The summed E-state index contributed by atoms with van der Waals surface area (Å²) >= 11 is 1.32. The lowest BCUT2D eigenvalue weighted by Crippen LogP contribution is -2.22. The number of anilines is 2. The van der Waals surface area contributed by atoms with Gasteiger partial charge >= 0.3 is 0 Å². The number of hydrogen-bond acceptors (Lipinski definition) is 6. The lowest BCUT2D eigenvalue weighted by molar-refractivity contribution is -0.115. The van der Waals surface area contributed by atoms with E-state index in [-0.39, 0.29) is 17.1 Å². The van der Waals surface area contributed by atoms with Crippen LogP contribution in [-0.2, 0) is 16.6 Å². The zero-order chi connectivity index (χ0) is 22.4. The van der Waals surface area contributed by atoms with Gasteiger partial charge in [-0.3, -0.25) is 9.59 Å². The van der Waals surface area contributed by atoms with E-state index in [1.165, 1.54) is 18.7 Å². The minimum absolute atomic E-state index is 0.133. The molecule has 162 valence electrons. The number of carbonyl (C=O) groups excluding carboxylic acids is 2. The van der Waals surface area contributed by atoms with E-state index < -0.39 is 0 Å². The average Bonchev–Trinajstić information content (AvgIpc) is 3.09. The van der Waals surface area contributed by atoms with Crippen molar-refractivity contribution in [2.45, 2.75) is 31.2 Å². The van der Waals surface area contributed by atoms with Gasteiger partial charge in [-0.05, 0) is 50.2 Å². The molecule has 1 atom stereocenters. The molecular formula is C22H25N5O3S. The third kappa shape index (κ3) is 5.85. The Hall–Kier alpha value is -3.33. The monoisotopic (exact) mass is 439 g/mol. The van der Waals surface area contributed by atoms with Crippen LogP contribution in [-0.4, -0.2) is 38.4 Å². The molecule has 2 aromatic carbocycles. The third-order valence-electron chi connectivity index (χ3n) is 4.36. The van der Waals surface area contributed by atoms with E-state index in [0.29, 0.717) is 29.0 Å². The van der Waals surface area contributed by atoms with Gasteiger partial charge in [0.2, 0.25) is 11.8 Å². The predicted octanol–water partition coefficient (Wildman–Crippen LogP) is 3.96. The van der Waals surface area contributed by atoms with E-state index in [1.807, 2.05) is 74.0 Å². The van der Waals surface area contributed by atoms with Gasteiger partial charge in [-0.15, -0.1) is 10.2 Å². The van der Waals surface area contributed by atoms with Crippen molar-refractivity contribution < 1.29 is 14.3 Å². The van der Waals surface area contributed by atoms with Gasteiger partial charge in [0.25, 0.3) is 0 Å². The van der Waals surface area contributed by atoms with Crippen molar-refractivity contribution in [2.75, 3.05) is 17.2 Å². The molecule has 0 saturated carbocycles. The van der Waals surface area contributed by atoms with Crippen molar-refractivity contribution in [1.82, 2.24) is 14.8 Å². The fourth-order valence-corrected chi connectivity index (χ4v) is 3.68. The predicted molar refractivity (Wildman–Crippen MR) is 122 cm³/mol. The van der Waals surface area contributed by atoms with Gasteiger partial charge in [-0.1, -0.05) is 23.9 Å². The highest BCUT2D eigenvalue weighted by molar-refractivity contribution is 8.00. The Morgan fingerprint density at radius 2 is 1.84 bits per heavy atom. The normalized spacial score (nSPS) is 11.6. The van der Waals surface area contributed by atoms with Crippen LogP contribution in [0.1, 0.15) is 20.8 Å². The Balaban J connectivity index is 1.67. The SMILES string of the molecule is CCOc1ccc(NC(=O)[C@H](C)Sc2nnc(-c3cccc(NC(C)=O)c3)n2C)cc1. The summed E-state index contributed by atoms with van der Waals surface area (Å²) in [5.74, 6) is 1.14. The van der Waals surface area contributed by atoms with E-state index >= 15 is 0 Å². The summed E-state index contributed by atoms with van der Waals surface area (Å²) in [7, 11) is 1.85. The van der Waals surface area contributed by atoms with E-state index in [0.717, 1.165) is 11.3 Å². The molecule has 1 aromatic heterocycles. The van der Waals surface area contributed by atoms with Crippen molar-refractivity contribution in [2.24, 2.45) is 7.05 Å². The lowest BCUT2D eigenvalue weighted by Gasteiger charge is -2.12. The van der Waals surface area contributed by atoms with E-state index in [1.54, 1.807) is 0 Å². The zero-order valence-corrected chi connectivity index (χ0v) is 18.7. The highest BCUT2D eigenvalue weighted by atomic mass is 32.2. The van der Waals surface area contributed by atoms with Crippen molar-refractivity contribution in [3.05, 3.63) is 48.5 Å². The molecule has 0 bridgehead atoms. The minimum atomic E-state index is -0.381. The first-order valence-corrected chi connectivity index (χ1v) is 10.7.